The lowest BCUT2D eigenvalue weighted by molar-refractivity contribution is -0.137. The minimum absolute atomic E-state index is 0.184. The molecule has 0 radical (unpaired) electrons. The molecule has 5 aromatic rings. The number of fused-ring (bicyclic) bond motifs is 1. The SMILES string of the molecule is Cn1c(=O)[nH]c2ncc(-c3cccc(C(=O)Nc4ccn(-c5cccc(C(F)(F)F)c5)n4)c3)cc21. The number of aromatic amines is 1. The number of nitrogens with zero attached hydrogens (tertiary/aromatic N) is 4. The van der Waals surface area contributed by atoms with E-state index in [1.807, 2.05) is 6.07 Å². The number of imidazole rings is 1. The number of nitrogens with one attached hydrogen (secondary N) is 2. The molecular formula is C24H17F3N6O2. The molecule has 1 amide bonds. The van der Waals surface area contributed by atoms with Crippen molar-refractivity contribution in [2.75, 3.05) is 5.32 Å². The number of amides is 1. The molecule has 0 atom stereocenters. The highest BCUT2D eigenvalue weighted by molar-refractivity contribution is 6.04. The second-order valence-corrected chi connectivity index (χ2v) is 7.81. The zero-order chi connectivity index (χ0) is 24.7. The number of aryl methyl sites for hydroxylation is 1. The highest BCUT2D eigenvalue weighted by Gasteiger charge is 2.30. The number of hydrogen-bond acceptors (Lipinski definition) is 4. The lowest BCUT2D eigenvalue weighted by Crippen LogP contribution is -2.13. The van der Waals surface area contributed by atoms with Gasteiger partial charge in [0.2, 0.25) is 0 Å². The summed E-state index contributed by atoms with van der Waals surface area (Å²) in [5.74, 6) is -0.257. The molecule has 11 heteroatoms. The van der Waals surface area contributed by atoms with Crippen molar-refractivity contribution in [3.8, 4) is 16.8 Å². The summed E-state index contributed by atoms with van der Waals surface area (Å²) in [5.41, 5.74) is 2.02. The van der Waals surface area contributed by atoms with E-state index in [-0.39, 0.29) is 17.2 Å². The zero-order valence-corrected chi connectivity index (χ0v) is 18.2. The zero-order valence-electron chi connectivity index (χ0n) is 18.2. The van der Waals surface area contributed by atoms with Crippen LogP contribution in [0.1, 0.15) is 15.9 Å². The Labute approximate surface area is 195 Å². The summed E-state index contributed by atoms with van der Waals surface area (Å²) >= 11 is 0. The number of halogens is 3. The van der Waals surface area contributed by atoms with Gasteiger partial charge in [0.15, 0.2) is 11.5 Å². The van der Waals surface area contributed by atoms with Crippen LogP contribution in [-0.2, 0) is 13.2 Å². The first kappa shape index (κ1) is 22.1. The molecular weight excluding hydrogens is 461 g/mol. The largest absolute Gasteiger partial charge is 0.416 e. The standard InChI is InChI=1S/C24H17F3N6O2/c1-32-19-11-16(13-28-21(19)30-23(32)35)14-4-2-5-15(10-14)22(34)29-20-8-9-33(31-20)18-7-3-6-17(12-18)24(25,26)27/h2-13H,1H3,(H,28,30,35)(H,29,31,34). The lowest BCUT2D eigenvalue weighted by Gasteiger charge is -2.08. The molecule has 0 saturated heterocycles. The van der Waals surface area contributed by atoms with Crippen molar-refractivity contribution in [3.63, 3.8) is 0 Å². The highest BCUT2D eigenvalue weighted by Crippen LogP contribution is 2.30. The maximum absolute atomic E-state index is 13.0. The molecule has 0 spiro atoms. The second kappa shape index (κ2) is 8.28. The summed E-state index contributed by atoms with van der Waals surface area (Å²) in [6.07, 6.45) is -1.41. The van der Waals surface area contributed by atoms with Crippen LogP contribution in [0.3, 0.4) is 0 Å². The Balaban J connectivity index is 1.37. The van der Waals surface area contributed by atoms with E-state index < -0.39 is 17.6 Å². The number of benzene rings is 2. The van der Waals surface area contributed by atoms with Gasteiger partial charge in [-0.15, -0.1) is 0 Å². The predicted octanol–water partition coefficient (Wildman–Crippen LogP) is 4.39. The van der Waals surface area contributed by atoms with Crippen LogP contribution >= 0.6 is 0 Å². The molecule has 3 heterocycles. The monoisotopic (exact) mass is 478 g/mol. The van der Waals surface area contributed by atoms with Gasteiger partial charge in [-0.3, -0.25) is 14.3 Å². The summed E-state index contributed by atoms with van der Waals surface area (Å²) in [4.78, 5) is 31.6. The molecule has 0 unspecified atom stereocenters. The van der Waals surface area contributed by atoms with Crippen LogP contribution < -0.4 is 11.0 Å². The fraction of sp³-hybridized carbons (Fsp3) is 0.0833. The van der Waals surface area contributed by atoms with E-state index in [9.17, 15) is 22.8 Å². The summed E-state index contributed by atoms with van der Waals surface area (Å²) < 4.78 is 41.7. The Morgan fingerprint density at radius 2 is 1.83 bits per heavy atom. The lowest BCUT2D eigenvalue weighted by atomic mass is 10.0. The predicted molar refractivity (Wildman–Crippen MR) is 123 cm³/mol. The van der Waals surface area contributed by atoms with E-state index in [0.29, 0.717) is 16.7 Å². The number of pyridine rings is 1. The van der Waals surface area contributed by atoms with Crippen LogP contribution in [-0.4, -0.2) is 30.2 Å². The third-order valence-electron chi connectivity index (χ3n) is 5.49. The molecule has 35 heavy (non-hydrogen) atoms. The molecule has 176 valence electrons. The minimum Gasteiger partial charge on any atom is -0.305 e. The fourth-order valence-electron chi connectivity index (χ4n) is 3.65. The number of rotatable bonds is 4. The first-order chi connectivity index (χ1) is 16.7. The Hall–Kier alpha value is -4.67. The fourth-order valence-corrected chi connectivity index (χ4v) is 3.65. The highest BCUT2D eigenvalue weighted by atomic mass is 19.4. The first-order valence-electron chi connectivity index (χ1n) is 10.4. The summed E-state index contributed by atoms with van der Waals surface area (Å²) in [7, 11) is 1.63. The Morgan fingerprint density at radius 1 is 1.03 bits per heavy atom. The topological polar surface area (TPSA) is 97.6 Å². The van der Waals surface area contributed by atoms with Crippen molar-refractivity contribution < 1.29 is 18.0 Å². The number of H-pyrrole nitrogens is 1. The van der Waals surface area contributed by atoms with Crippen LogP contribution in [0.25, 0.3) is 28.0 Å². The maximum atomic E-state index is 13.0. The van der Waals surface area contributed by atoms with Gasteiger partial charge in [0.25, 0.3) is 5.91 Å². The smallest absolute Gasteiger partial charge is 0.305 e. The molecule has 2 N–H and O–H groups in total. The minimum atomic E-state index is -4.47. The molecule has 0 fully saturated rings. The Morgan fingerprint density at radius 3 is 2.63 bits per heavy atom. The molecule has 8 nitrogen and oxygen atoms in total. The first-order valence-corrected chi connectivity index (χ1v) is 10.4. The van der Waals surface area contributed by atoms with Gasteiger partial charge in [0.1, 0.15) is 0 Å². The van der Waals surface area contributed by atoms with Crippen molar-refractivity contribution in [2.24, 2.45) is 7.05 Å². The second-order valence-electron chi connectivity index (χ2n) is 7.81. The van der Waals surface area contributed by atoms with E-state index in [4.69, 9.17) is 0 Å². The molecule has 0 aliphatic carbocycles. The van der Waals surface area contributed by atoms with Gasteiger partial charge in [-0.05, 0) is 42.0 Å². The van der Waals surface area contributed by atoms with E-state index in [1.54, 1.807) is 37.5 Å². The average molecular weight is 478 g/mol. The van der Waals surface area contributed by atoms with Crippen LogP contribution in [0.15, 0.2) is 77.9 Å². The number of hydrogen-bond donors (Lipinski definition) is 2. The molecule has 0 bridgehead atoms. The number of aromatic nitrogens is 5. The van der Waals surface area contributed by atoms with Crippen molar-refractivity contribution in [3.05, 3.63) is 94.7 Å². The quantitative estimate of drug-likeness (QED) is 0.401. The van der Waals surface area contributed by atoms with Gasteiger partial charge in [-0.1, -0.05) is 18.2 Å². The summed E-state index contributed by atoms with van der Waals surface area (Å²) in [6.45, 7) is 0. The van der Waals surface area contributed by atoms with Crippen LogP contribution in [0.2, 0.25) is 0 Å². The summed E-state index contributed by atoms with van der Waals surface area (Å²) in [5, 5.41) is 6.82. The molecule has 2 aromatic carbocycles. The maximum Gasteiger partial charge on any atom is 0.416 e. The molecule has 0 aliphatic heterocycles. The normalized spacial score (nSPS) is 11.7. The van der Waals surface area contributed by atoms with Crippen LogP contribution in [0.5, 0.6) is 0 Å². The van der Waals surface area contributed by atoms with Crippen molar-refractivity contribution in [1.29, 1.82) is 0 Å². The Bertz CT molecular complexity index is 1630. The third-order valence-corrected chi connectivity index (χ3v) is 5.49. The van der Waals surface area contributed by atoms with Gasteiger partial charge in [-0.2, -0.15) is 18.3 Å². The molecule has 0 aliphatic rings. The summed E-state index contributed by atoms with van der Waals surface area (Å²) in [6, 6.07) is 14.9. The van der Waals surface area contributed by atoms with E-state index in [0.717, 1.165) is 23.3 Å². The van der Waals surface area contributed by atoms with Gasteiger partial charge in [0.05, 0.1) is 16.8 Å². The Kier molecular flexibility index (Phi) is 5.24. The van der Waals surface area contributed by atoms with E-state index in [1.165, 1.54) is 33.6 Å². The van der Waals surface area contributed by atoms with Gasteiger partial charge < -0.3 is 5.32 Å². The van der Waals surface area contributed by atoms with E-state index in [2.05, 4.69) is 20.4 Å². The molecule has 3 aromatic heterocycles. The third kappa shape index (κ3) is 4.31. The van der Waals surface area contributed by atoms with Crippen molar-refractivity contribution in [2.45, 2.75) is 6.18 Å². The molecule has 0 saturated carbocycles. The average Bonchev–Trinajstić information content (AvgIpc) is 3.42. The number of carbonyl (C=O) groups excluding carboxylic acids is 1. The van der Waals surface area contributed by atoms with Crippen molar-refractivity contribution >= 4 is 22.9 Å². The van der Waals surface area contributed by atoms with Gasteiger partial charge in [0, 0.05) is 36.6 Å². The molecule has 5 rings (SSSR count). The van der Waals surface area contributed by atoms with Crippen molar-refractivity contribution in [1.82, 2.24) is 24.3 Å². The number of carbonyl (C=O) groups is 1. The van der Waals surface area contributed by atoms with E-state index >= 15 is 0 Å². The number of anilines is 1. The van der Waals surface area contributed by atoms with Gasteiger partial charge in [-0.25, -0.2) is 14.5 Å². The van der Waals surface area contributed by atoms with Crippen LogP contribution in [0.4, 0.5) is 19.0 Å². The number of alkyl halides is 3. The van der Waals surface area contributed by atoms with Gasteiger partial charge >= 0.3 is 11.9 Å². The van der Waals surface area contributed by atoms with Crippen LogP contribution in [0, 0.1) is 0 Å².